The molecule has 7 heteroatoms. The summed E-state index contributed by atoms with van der Waals surface area (Å²) in [6, 6.07) is 6.35. The summed E-state index contributed by atoms with van der Waals surface area (Å²) in [6.45, 7) is 1.94. The van der Waals surface area contributed by atoms with E-state index in [1.165, 1.54) is 18.2 Å². The molecule has 6 nitrogen and oxygen atoms in total. The largest absolute Gasteiger partial charge is 0.462 e. The number of carbonyl (C=O) groups excluding carboxylic acids is 1. The number of allylic oxidation sites excluding steroid dienone is 1. The lowest BCUT2D eigenvalue weighted by atomic mass is 10.3. The Morgan fingerprint density at radius 3 is 2.65 bits per heavy atom. The smallest absolute Gasteiger partial charge is 0.332 e. The first-order valence-corrected chi connectivity index (χ1v) is 6.95. The summed E-state index contributed by atoms with van der Waals surface area (Å²) < 4.78 is 4.94. The summed E-state index contributed by atoms with van der Waals surface area (Å²) in [7, 11) is 0. The Morgan fingerprint density at radius 2 is 2.10 bits per heavy atom. The van der Waals surface area contributed by atoms with Gasteiger partial charge < -0.3 is 10.5 Å². The van der Waals surface area contributed by atoms with E-state index in [4.69, 9.17) is 10.5 Å². The number of carbonyl (C=O) groups is 1. The van der Waals surface area contributed by atoms with Crippen molar-refractivity contribution in [2.24, 2.45) is 5.73 Å². The molecule has 0 radical (unpaired) electrons. The Morgan fingerprint density at radius 1 is 1.45 bits per heavy atom. The summed E-state index contributed by atoms with van der Waals surface area (Å²) in [6.07, 6.45) is 1.94. The van der Waals surface area contributed by atoms with Gasteiger partial charge in [-0.3, -0.25) is 10.1 Å². The van der Waals surface area contributed by atoms with Crippen molar-refractivity contribution in [2.45, 2.75) is 18.2 Å². The van der Waals surface area contributed by atoms with Gasteiger partial charge in [-0.1, -0.05) is 0 Å². The highest BCUT2D eigenvalue weighted by Gasteiger charge is 2.04. The minimum atomic E-state index is -0.440. The van der Waals surface area contributed by atoms with Gasteiger partial charge in [-0.25, -0.2) is 4.79 Å². The van der Waals surface area contributed by atoms with Gasteiger partial charge in [-0.2, -0.15) is 0 Å². The van der Waals surface area contributed by atoms with Gasteiger partial charge in [-0.05, 0) is 25.5 Å². The van der Waals surface area contributed by atoms with E-state index in [-0.39, 0.29) is 5.69 Å². The zero-order valence-corrected chi connectivity index (χ0v) is 11.9. The van der Waals surface area contributed by atoms with Crippen molar-refractivity contribution in [2.75, 3.05) is 12.4 Å². The van der Waals surface area contributed by atoms with Gasteiger partial charge in [0, 0.05) is 34.6 Å². The van der Waals surface area contributed by atoms with Crippen LogP contribution >= 0.6 is 11.8 Å². The van der Waals surface area contributed by atoms with Gasteiger partial charge in [0.05, 0.1) is 11.5 Å². The van der Waals surface area contributed by atoms with E-state index in [1.54, 1.807) is 30.8 Å². The van der Waals surface area contributed by atoms with E-state index >= 15 is 0 Å². The first-order chi connectivity index (χ1) is 9.49. The number of nitrogens with two attached hydrogens (primary N) is 1. The van der Waals surface area contributed by atoms with Crippen LogP contribution in [0.25, 0.3) is 0 Å². The Balaban J connectivity index is 2.23. The summed E-state index contributed by atoms with van der Waals surface area (Å²) in [5.74, 6) is 0.321. The van der Waals surface area contributed by atoms with Crippen LogP contribution < -0.4 is 5.73 Å². The molecule has 0 saturated carbocycles. The van der Waals surface area contributed by atoms with Gasteiger partial charge in [0.25, 0.3) is 5.69 Å². The normalized spacial score (nSPS) is 11.2. The zero-order valence-electron chi connectivity index (χ0n) is 11.1. The topological polar surface area (TPSA) is 95.5 Å². The Labute approximate surface area is 121 Å². The van der Waals surface area contributed by atoms with Crippen molar-refractivity contribution in [1.29, 1.82) is 0 Å². The van der Waals surface area contributed by atoms with Gasteiger partial charge in [-0.15, -0.1) is 11.8 Å². The highest BCUT2D eigenvalue weighted by molar-refractivity contribution is 7.99. The lowest BCUT2D eigenvalue weighted by Crippen LogP contribution is -2.06. The lowest BCUT2D eigenvalue weighted by Gasteiger charge is -2.03. The number of ether oxygens (including phenoxy) is 1. The average molecular weight is 296 g/mol. The third-order valence-electron chi connectivity index (χ3n) is 2.19. The second kappa shape index (κ2) is 8.21. The molecular weight excluding hydrogens is 280 g/mol. The molecule has 0 amide bonds. The van der Waals surface area contributed by atoms with Crippen LogP contribution in [0.2, 0.25) is 0 Å². The molecule has 0 atom stereocenters. The summed E-state index contributed by atoms with van der Waals surface area (Å²) >= 11 is 1.55. The van der Waals surface area contributed by atoms with E-state index in [1.807, 2.05) is 0 Å². The number of nitrogens with zero attached hydrogens (tertiary/aromatic N) is 1. The Bertz CT molecular complexity index is 496. The highest BCUT2D eigenvalue weighted by Crippen LogP contribution is 2.21. The van der Waals surface area contributed by atoms with Crippen molar-refractivity contribution in [3.63, 3.8) is 0 Å². The highest BCUT2D eigenvalue weighted by atomic mass is 32.2. The minimum Gasteiger partial charge on any atom is -0.462 e. The fourth-order valence-corrected chi connectivity index (χ4v) is 2.14. The average Bonchev–Trinajstić information content (AvgIpc) is 2.38. The molecule has 1 aromatic carbocycles. The third kappa shape index (κ3) is 6.24. The number of hydrogen-bond donors (Lipinski definition) is 1. The SMILES string of the molecule is C/C(N)=C/C(=O)OCCCSc1ccc([N+](=O)[O-])cc1. The van der Waals surface area contributed by atoms with Crippen LogP contribution in [-0.2, 0) is 9.53 Å². The molecule has 0 bridgehead atoms. The van der Waals surface area contributed by atoms with Gasteiger partial charge in [0.1, 0.15) is 0 Å². The second-order valence-electron chi connectivity index (χ2n) is 4.01. The van der Waals surface area contributed by atoms with E-state index in [0.717, 1.165) is 10.6 Å². The van der Waals surface area contributed by atoms with Crippen LogP contribution in [0.5, 0.6) is 0 Å². The number of non-ortho nitro benzene ring substituents is 1. The van der Waals surface area contributed by atoms with Crippen molar-refractivity contribution in [3.8, 4) is 0 Å². The molecule has 0 aliphatic rings. The van der Waals surface area contributed by atoms with Crippen molar-refractivity contribution >= 4 is 23.4 Å². The molecule has 0 spiro atoms. The Hall–Kier alpha value is -2.02. The Kier molecular flexibility index (Phi) is 6.58. The van der Waals surface area contributed by atoms with E-state index in [0.29, 0.717) is 18.7 Å². The quantitative estimate of drug-likeness (QED) is 0.207. The minimum absolute atomic E-state index is 0.0761. The molecule has 0 fully saturated rings. The van der Waals surface area contributed by atoms with Gasteiger partial charge in [0.15, 0.2) is 0 Å². The number of rotatable bonds is 7. The molecule has 0 aliphatic heterocycles. The molecule has 0 unspecified atom stereocenters. The number of nitro benzene ring substituents is 1. The van der Waals surface area contributed by atoms with Crippen LogP contribution in [-0.4, -0.2) is 23.3 Å². The van der Waals surface area contributed by atoms with Crippen LogP contribution in [0, 0.1) is 10.1 Å². The van der Waals surface area contributed by atoms with E-state index in [2.05, 4.69) is 0 Å². The molecule has 2 N–H and O–H groups in total. The molecule has 0 aromatic heterocycles. The molecular formula is C13H16N2O4S. The predicted octanol–water partition coefficient (Wildman–Crippen LogP) is 2.48. The van der Waals surface area contributed by atoms with Crippen LogP contribution in [0.15, 0.2) is 40.9 Å². The van der Waals surface area contributed by atoms with Crippen molar-refractivity contribution < 1.29 is 14.5 Å². The molecule has 0 aliphatic carbocycles. The fourth-order valence-electron chi connectivity index (χ4n) is 1.31. The molecule has 0 heterocycles. The third-order valence-corrected chi connectivity index (χ3v) is 3.29. The summed E-state index contributed by atoms with van der Waals surface area (Å²) in [4.78, 5) is 22.1. The monoisotopic (exact) mass is 296 g/mol. The number of benzene rings is 1. The predicted molar refractivity (Wildman–Crippen MR) is 77.3 cm³/mol. The molecule has 0 saturated heterocycles. The fraction of sp³-hybridized carbons (Fsp3) is 0.308. The van der Waals surface area contributed by atoms with Crippen LogP contribution in [0.1, 0.15) is 13.3 Å². The maximum atomic E-state index is 11.1. The standard InChI is InChI=1S/C13H16N2O4S/c1-10(14)9-13(16)19-7-2-8-20-12-5-3-11(4-6-12)15(17)18/h3-6,9H,2,7-8,14H2,1H3/b10-9-. The van der Waals surface area contributed by atoms with Crippen LogP contribution in [0.3, 0.4) is 0 Å². The number of hydrogen-bond acceptors (Lipinski definition) is 6. The van der Waals surface area contributed by atoms with Crippen molar-refractivity contribution in [3.05, 3.63) is 46.2 Å². The maximum absolute atomic E-state index is 11.1. The van der Waals surface area contributed by atoms with E-state index < -0.39 is 10.9 Å². The number of esters is 1. The summed E-state index contributed by atoms with van der Waals surface area (Å²) in [5, 5.41) is 10.5. The van der Waals surface area contributed by atoms with Gasteiger partial charge >= 0.3 is 5.97 Å². The maximum Gasteiger partial charge on any atom is 0.332 e. The first-order valence-electron chi connectivity index (χ1n) is 5.97. The number of thioether (sulfide) groups is 1. The van der Waals surface area contributed by atoms with Crippen molar-refractivity contribution in [1.82, 2.24) is 0 Å². The second-order valence-corrected chi connectivity index (χ2v) is 5.18. The molecule has 1 rings (SSSR count). The molecule has 1 aromatic rings. The summed E-state index contributed by atoms with van der Waals surface area (Å²) in [5.41, 5.74) is 5.83. The van der Waals surface area contributed by atoms with Crippen LogP contribution in [0.4, 0.5) is 5.69 Å². The van der Waals surface area contributed by atoms with E-state index in [9.17, 15) is 14.9 Å². The molecule has 108 valence electrons. The first kappa shape index (κ1) is 16.0. The van der Waals surface area contributed by atoms with Gasteiger partial charge in [0.2, 0.25) is 0 Å². The lowest BCUT2D eigenvalue weighted by molar-refractivity contribution is -0.384. The molecule has 20 heavy (non-hydrogen) atoms. The number of nitro groups is 1. The zero-order chi connectivity index (χ0) is 15.0.